The van der Waals surface area contributed by atoms with Gasteiger partial charge in [-0.2, -0.15) is 0 Å². The van der Waals surface area contributed by atoms with Gasteiger partial charge < -0.3 is 11.1 Å². The van der Waals surface area contributed by atoms with Gasteiger partial charge in [-0.1, -0.05) is 0 Å². The summed E-state index contributed by atoms with van der Waals surface area (Å²) in [6.07, 6.45) is 0. The Kier molecular flexibility index (Phi) is 5.35. The Labute approximate surface area is 129 Å². The van der Waals surface area contributed by atoms with Crippen molar-refractivity contribution in [3.05, 3.63) is 52.0 Å². The lowest BCUT2D eigenvalue weighted by atomic mass is 10.3. The summed E-state index contributed by atoms with van der Waals surface area (Å²) in [5, 5.41) is 4.32. The second-order valence-corrected chi connectivity index (χ2v) is 6.20. The quantitative estimate of drug-likeness (QED) is 0.633. The van der Waals surface area contributed by atoms with Crippen LogP contribution in [0, 0.1) is 5.82 Å². The molecule has 7 heteroatoms. The highest BCUT2D eigenvalue weighted by Gasteiger charge is 2.11. The molecule has 0 fully saturated rings. The Hall–Kier alpha value is -1.86. The Bertz CT molecular complexity index is 641. The first-order valence-electron chi connectivity index (χ1n) is 6.11. The Balaban J connectivity index is 1.76. The number of carbonyl (C=O) groups excluding carboxylic acids is 2. The molecule has 0 atom stereocenters. The first-order valence-corrected chi connectivity index (χ1v) is 7.97. The standard InChI is InChI=1S/C14H13FN2O2S2/c15-10-1-3-11(4-2-10)20-6-5-17-14(19)12-7-9(8-21-12)13(16)18/h1-4,7-8H,5-6H2,(H2,16,18)(H,17,19). The molecular formula is C14H13FN2O2S2. The molecule has 0 radical (unpaired) electrons. The fraction of sp³-hybridized carbons (Fsp3) is 0.143. The molecule has 0 saturated heterocycles. The van der Waals surface area contributed by atoms with Crippen molar-refractivity contribution in [3.63, 3.8) is 0 Å². The fourth-order valence-corrected chi connectivity index (χ4v) is 3.12. The Morgan fingerprint density at radius 2 is 2.00 bits per heavy atom. The van der Waals surface area contributed by atoms with Gasteiger partial charge in [0.15, 0.2) is 0 Å². The number of hydrogen-bond donors (Lipinski definition) is 2. The van der Waals surface area contributed by atoms with E-state index in [4.69, 9.17) is 5.73 Å². The highest BCUT2D eigenvalue weighted by Crippen LogP contribution is 2.17. The van der Waals surface area contributed by atoms with Crippen LogP contribution in [0.3, 0.4) is 0 Å². The van der Waals surface area contributed by atoms with Crippen LogP contribution in [0.2, 0.25) is 0 Å². The minimum Gasteiger partial charge on any atom is -0.366 e. The Morgan fingerprint density at radius 3 is 2.62 bits per heavy atom. The van der Waals surface area contributed by atoms with Crippen molar-refractivity contribution in [2.75, 3.05) is 12.3 Å². The maximum absolute atomic E-state index is 12.7. The lowest BCUT2D eigenvalue weighted by molar-refractivity contribution is 0.0960. The van der Waals surface area contributed by atoms with Gasteiger partial charge >= 0.3 is 0 Å². The number of benzene rings is 1. The first-order chi connectivity index (χ1) is 10.1. The SMILES string of the molecule is NC(=O)c1csc(C(=O)NCCSc2ccc(F)cc2)c1. The molecule has 1 aromatic heterocycles. The molecule has 3 N–H and O–H groups in total. The van der Waals surface area contributed by atoms with Crippen molar-refractivity contribution in [3.8, 4) is 0 Å². The van der Waals surface area contributed by atoms with E-state index < -0.39 is 5.91 Å². The van der Waals surface area contributed by atoms with Crippen LogP contribution in [-0.4, -0.2) is 24.1 Å². The largest absolute Gasteiger partial charge is 0.366 e. The van der Waals surface area contributed by atoms with Gasteiger partial charge in [0.25, 0.3) is 5.91 Å². The normalized spacial score (nSPS) is 10.3. The van der Waals surface area contributed by atoms with Gasteiger partial charge in [-0.25, -0.2) is 4.39 Å². The van der Waals surface area contributed by atoms with E-state index >= 15 is 0 Å². The molecule has 1 heterocycles. The number of nitrogens with two attached hydrogens (primary N) is 1. The zero-order valence-electron chi connectivity index (χ0n) is 11.0. The van der Waals surface area contributed by atoms with Crippen LogP contribution < -0.4 is 11.1 Å². The van der Waals surface area contributed by atoms with Crippen molar-refractivity contribution in [2.24, 2.45) is 5.73 Å². The van der Waals surface area contributed by atoms with Gasteiger partial charge in [0, 0.05) is 22.6 Å². The monoisotopic (exact) mass is 324 g/mol. The van der Waals surface area contributed by atoms with Crippen LogP contribution in [0.4, 0.5) is 4.39 Å². The summed E-state index contributed by atoms with van der Waals surface area (Å²) in [6, 6.07) is 7.67. The summed E-state index contributed by atoms with van der Waals surface area (Å²) in [5.41, 5.74) is 5.47. The van der Waals surface area contributed by atoms with Gasteiger partial charge in [-0.3, -0.25) is 9.59 Å². The molecule has 2 amide bonds. The average molecular weight is 324 g/mol. The molecule has 2 rings (SSSR count). The van der Waals surface area contributed by atoms with Crippen LogP contribution >= 0.6 is 23.1 Å². The molecule has 21 heavy (non-hydrogen) atoms. The number of primary amides is 1. The average Bonchev–Trinajstić information content (AvgIpc) is 2.95. The van der Waals surface area contributed by atoms with E-state index in [1.54, 1.807) is 17.5 Å². The van der Waals surface area contributed by atoms with E-state index in [0.717, 1.165) is 4.90 Å². The van der Waals surface area contributed by atoms with Gasteiger partial charge in [0.05, 0.1) is 10.4 Å². The molecule has 0 bridgehead atoms. The minimum atomic E-state index is -0.544. The van der Waals surface area contributed by atoms with Crippen molar-refractivity contribution in [1.82, 2.24) is 5.32 Å². The van der Waals surface area contributed by atoms with Crippen LogP contribution in [-0.2, 0) is 0 Å². The Morgan fingerprint density at radius 1 is 1.29 bits per heavy atom. The van der Waals surface area contributed by atoms with E-state index in [9.17, 15) is 14.0 Å². The molecule has 0 spiro atoms. The van der Waals surface area contributed by atoms with Gasteiger partial charge in [0.2, 0.25) is 5.91 Å². The molecule has 0 aliphatic carbocycles. The predicted octanol–water partition coefficient (Wildman–Crippen LogP) is 2.51. The van der Waals surface area contributed by atoms with Crippen LogP contribution in [0.5, 0.6) is 0 Å². The van der Waals surface area contributed by atoms with Crippen molar-refractivity contribution in [1.29, 1.82) is 0 Å². The number of amides is 2. The van der Waals surface area contributed by atoms with E-state index in [0.29, 0.717) is 22.7 Å². The predicted molar refractivity (Wildman–Crippen MR) is 82.3 cm³/mol. The number of thiophene rings is 1. The maximum atomic E-state index is 12.7. The zero-order chi connectivity index (χ0) is 15.2. The van der Waals surface area contributed by atoms with Crippen molar-refractivity contribution >= 4 is 34.9 Å². The molecule has 110 valence electrons. The molecule has 1 aromatic carbocycles. The zero-order valence-corrected chi connectivity index (χ0v) is 12.6. The summed E-state index contributed by atoms with van der Waals surface area (Å²) in [5.74, 6) is -0.370. The number of rotatable bonds is 6. The summed E-state index contributed by atoms with van der Waals surface area (Å²) in [7, 11) is 0. The van der Waals surface area contributed by atoms with Crippen LogP contribution in [0.25, 0.3) is 0 Å². The first kappa shape index (κ1) is 15.5. The molecule has 0 saturated carbocycles. The molecule has 4 nitrogen and oxygen atoms in total. The van der Waals surface area contributed by atoms with E-state index in [-0.39, 0.29) is 11.7 Å². The number of hydrogen-bond acceptors (Lipinski definition) is 4. The third-order valence-electron chi connectivity index (χ3n) is 2.58. The maximum Gasteiger partial charge on any atom is 0.261 e. The van der Waals surface area contributed by atoms with E-state index in [1.807, 2.05) is 0 Å². The number of nitrogens with one attached hydrogen (secondary N) is 1. The molecule has 2 aromatic rings. The molecule has 0 unspecified atom stereocenters. The van der Waals surface area contributed by atoms with Crippen molar-refractivity contribution < 1.29 is 14.0 Å². The second-order valence-electron chi connectivity index (χ2n) is 4.12. The van der Waals surface area contributed by atoms with Gasteiger partial charge in [0.1, 0.15) is 5.82 Å². The molecule has 0 aliphatic rings. The summed E-state index contributed by atoms with van der Waals surface area (Å²) >= 11 is 2.70. The smallest absolute Gasteiger partial charge is 0.261 e. The topological polar surface area (TPSA) is 72.2 Å². The van der Waals surface area contributed by atoms with Crippen molar-refractivity contribution in [2.45, 2.75) is 4.90 Å². The van der Waals surface area contributed by atoms with Gasteiger partial charge in [-0.15, -0.1) is 23.1 Å². The van der Waals surface area contributed by atoms with E-state index in [2.05, 4.69) is 5.32 Å². The number of halogens is 1. The summed E-state index contributed by atoms with van der Waals surface area (Å²) in [6.45, 7) is 0.477. The minimum absolute atomic E-state index is 0.229. The molecule has 0 aliphatic heterocycles. The number of thioether (sulfide) groups is 1. The fourth-order valence-electron chi connectivity index (χ4n) is 1.54. The highest BCUT2D eigenvalue weighted by atomic mass is 32.2. The van der Waals surface area contributed by atoms with Crippen LogP contribution in [0.1, 0.15) is 20.0 Å². The van der Waals surface area contributed by atoms with Gasteiger partial charge in [-0.05, 0) is 30.3 Å². The second kappa shape index (κ2) is 7.24. The van der Waals surface area contributed by atoms with Crippen LogP contribution in [0.15, 0.2) is 40.6 Å². The highest BCUT2D eigenvalue weighted by molar-refractivity contribution is 7.99. The third-order valence-corrected chi connectivity index (χ3v) is 4.52. The molecular weight excluding hydrogens is 311 g/mol. The summed E-state index contributed by atoms with van der Waals surface area (Å²) < 4.78 is 12.7. The lowest BCUT2D eigenvalue weighted by Crippen LogP contribution is -2.25. The van der Waals surface area contributed by atoms with E-state index in [1.165, 1.54) is 41.3 Å². The number of carbonyl (C=O) groups is 2. The lowest BCUT2D eigenvalue weighted by Gasteiger charge is -2.03. The summed E-state index contributed by atoms with van der Waals surface area (Å²) in [4.78, 5) is 24.2. The third kappa shape index (κ3) is 4.57.